The monoisotopic (exact) mass is 391 g/mol. The second-order valence-electron chi connectivity index (χ2n) is 5.24. The van der Waals surface area contributed by atoms with E-state index < -0.39 is 10.0 Å². The summed E-state index contributed by atoms with van der Waals surface area (Å²) in [7, 11) is -2.18. The number of hydrogen-bond acceptors (Lipinski definition) is 6. The molecule has 0 spiro atoms. The van der Waals surface area contributed by atoms with Crippen LogP contribution in [0, 0.1) is 0 Å². The maximum absolute atomic E-state index is 12.5. The van der Waals surface area contributed by atoms with Crippen LogP contribution in [-0.2, 0) is 10.0 Å². The quantitative estimate of drug-likeness (QED) is 0.673. The summed E-state index contributed by atoms with van der Waals surface area (Å²) in [5.74, 6) is 0.159. The Kier molecular flexibility index (Phi) is 5.21. The number of nitrogens with one attached hydrogen (secondary N) is 2. The summed E-state index contributed by atoms with van der Waals surface area (Å²) in [6, 6.07) is 11.6. The second-order valence-corrected chi connectivity index (χ2v) is 8.16. The SMILES string of the molecule is CCOc1ccccc1C(=O)Nc1nc2ccc(S(=O)(=O)NC)cc2s1. The molecule has 1 aromatic heterocycles. The van der Waals surface area contributed by atoms with Crippen LogP contribution in [0.15, 0.2) is 47.4 Å². The summed E-state index contributed by atoms with van der Waals surface area (Å²) in [5, 5.41) is 3.13. The molecule has 0 radical (unpaired) electrons. The van der Waals surface area contributed by atoms with Crippen LogP contribution in [0.4, 0.5) is 5.13 Å². The molecule has 7 nitrogen and oxygen atoms in total. The lowest BCUT2D eigenvalue weighted by Gasteiger charge is -2.08. The lowest BCUT2D eigenvalue weighted by molar-refractivity contribution is 0.102. The van der Waals surface area contributed by atoms with Gasteiger partial charge in [-0.25, -0.2) is 18.1 Å². The Morgan fingerprint density at radius 1 is 1.23 bits per heavy atom. The largest absolute Gasteiger partial charge is 0.493 e. The van der Waals surface area contributed by atoms with Gasteiger partial charge in [0.05, 0.1) is 27.3 Å². The first kappa shape index (κ1) is 18.3. The number of sulfonamides is 1. The third kappa shape index (κ3) is 3.69. The number of anilines is 1. The van der Waals surface area contributed by atoms with Crippen molar-refractivity contribution in [3.8, 4) is 5.75 Å². The smallest absolute Gasteiger partial charge is 0.261 e. The predicted molar refractivity (Wildman–Crippen MR) is 101 cm³/mol. The number of hydrogen-bond donors (Lipinski definition) is 2. The molecule has 0 unspecified atom stereocenters. The average molecular weight is 391 g/mol. The Morgan fingerprint density at radius 2 is 2.00 bits per heavy atom. The van der Waals surface area contributed by atoms with Crippen molar-refractivity contribution in [2.75, 3.05) is 19.0 Å². The van der Waals surface area contributed by atoms with Gasteiger partial charge in [-0.05, 0) is 44.3 Å². The zero-order valence-corrected chi connectivity index (χ0v) is 15.8. The van der Waals surface area contributed by atoms with E-state index in [4.69, 9.17) is 4.74 Å². The maximum atomic E-state index is 12.5. The first-order valence-corrected chi connectivity index (χ1v) is 10.1. The Balaban J connectivity index is 1.89. The molecule has 9 heteroatoms. The highest BCUT2D eigenvalue weighted by molar-refractivity contribution is 7.89. The number of para-hydroxylation sites is 1. The highest BCUT2D eigenvalue weighted by atomic mass is 32.2. The van der Waals surface area contributed by atoms with E-state index in [0.717, 1.165) is 0 Å². The van der Waals surface area contributed by atoms with Crippen LogP contribution in [0.3, 0.4) is 0 Å². The molecular weight excluding hydrogens is 374 g/mol. The van der Waals surface area contributed by atoms with Gasteiger partial charge in [-0.1, -0.05) is 23.5 Å². The van der Waals surface area contributed by atoms with Crippen LogP contribution in [0.1, 0.15) is 17.3 Å². The fourth-order valence-electron chi connectivity index (χ4n) is 2.34. The van der Waals surface area contributed by atoms with Crippen molar-refractivity contribution in [3.05, 3.63) is 48.0 Å². The number of thiazole rings is 1. The molecule has 3 rings (SSSR count). The van der Waals surface area contributed by atoms with E-state index in [9.17, 15) is 13.2 Å². The molecule has 0 fully saturated rings. The van der Waals surface area contributed by atoms with Crippen LogP contribution >= 0.6 is 11.3 Å². The fourth-order valence-corrected chi connectivity index (χ4v) is 4.07. The zero-order chi connectivity index (χ0) is 18.7. The number of rotatable bonds is 6. The predicted octanol–water partition coefficient (Wildman–Crippen LogP) is 2.86. The first-order chi connectivity index (χ1) is 12.4. The van der Waals surface area contributed by atoms with Crippen LogP contribution < -0.4 is 14.8 Å². The van der Waals surface area contributed by atoms with Gasteiger partial charge in [0.15, 0.2) is 5.13 Å². The molecule has 26 heavy (non-hydrogen) atoms. The molecule has 0 bridgehead atoms. The molecule has 0 saturated carbocycles. The van der Waals surface area contributed by atoms with E-state index in [2.05, 4.69) is 15.0 Å². The van der Waals surface area contributed by atoms with Gasteiger partial charge in [0.25, 0.3) is 5.91 Å². The van der Waals surface area contributed by atoms with E-state index in [1.807, 2.05) is 6.92 Å². The van der Waals surface area contributed by atoms with E-state index in [1.54, 1.807) is 30.3 Å². The molecule has 0 aliphatic heterocycles. The lowest BCUT2D eigenvalue weighted by Crippen LogP contribution is -2.18. The van der Waals surface area contributed by atoms with E-state index in [-0.39, 0.29) is 10.8 Å². The molecule has 0 saturated heterocycles. The summed E-state index contributed by atoms with van der Waals surface area (Å²) < 4.78 is 32.2. The number of nitrogens with zero attached hydrogens (tertiary/aromatic N) is 1. The van der Waals surface area contributed by atoms with Gasteiger partial charge in [-0.2, -0.15) is 0 Å². The van der Waals surface area contributed by atoms with Crippen LogP contribution in [-0.4, -0.2) is 33.0 Å². The topological polar surface area (TPSA) is 97.4 Å². The summed E-state index contributed by atoms with van der Waals surface area (Å²) >= 11 is 1.20. The van der Waals surface area contributed by atoms with Gasteiger partial charge in [-0.15, -0.1) is 0 Å². The van der Waals surface area contributed by atoms with E-state index >= 15 is 0 Å². The number of carbonyl (C=O) groups is 1. The van der Waals surface area contributed by atoms with E-state index in [1.165, 1.54) is 30.5 Å². The average Bonchev–Trinajstić information content (AvgIpc) is 3.03. The normalized spacial score (nSPS) is 11.5. The van der Waals surface area contributed by atoms with Crippen molar-refractivity contribution in [3.63, 3.8) is 0 Å². The Labute approximate surface area is 155 Å². The summed E-state index contributed by atoms with van der Waals surface area (Å²) in [4.78, 5) is 17.0. The molecule has 136 valence electrons. The Morgan fingerprint density at radius 3 is 2.73 bits per heavy atom. The highest BCUT2D eigenvalue weighted by Gasteiger charge is 2.16. The van der Waals surface area contributed by atoms with Gasteiger partial charge < -0.3 is 4.74 Å². The Bertz CT molecular complexity index is 1060. The van der Waals surface area contributed by atoms with Crippen molar-refractivity contribution in [1.82, 2.24) is 9.71 Å². The van der Waals surface area contributed by atoms with Crippen LogP contribution in [0.5, 0.6) is 5.75 Å². The van der Waals surface area contributed by atoms with Gasteiger partial charge in [-0.3, -0.25) is 10.1 Å². The number of ether oxygens (including phenoxy) is 1. The first-order valence-electron chi connectivity index (χ1n) is 7.82. The Hall–Kier alpha value is -2.49. The molecule has 0 atom stereocenters. The van der Waals surface area contributed by atoms with Crippen LogP contribution in [0.25, 0.3) is 10.2 Å². The second kappa shape index (κ2) is 7.40. The van der Waals surface area contributed by atoms with E-state index in [0.29, 0.717) is 33.3 Å². The standard InChI is InChI=1S/C17H17N3O4S2/c1-3-24-14-7-5-4-6-12(14)16(21)20-17-19-13-9-8-11(10-15(13)25-17)26(22,23)18-2/h4-10,18H,3H2,1-2H3,(H,19,20,21). The van der Waals surface area contributed by atoms with Gasteiger partial charge in [0, 0.05) is 0 Å². The fraction of sp³-hybridized carbons (Fsp3) is 0.176. The van der Waals surface area contributed by atoms with Crippen molar-refractivity contribution >= 4 is 42.6 Å². The van der Waals surface area contributed by atoms with Crippen LogP contribution in [0.2, 0.25) is 0 Å². The minimum atomic E-state index is -3.53. The lowest BCUT2D eigenvalue weighted by atomic mass is 10.2. The summed E-state index contributed by atoms with van der Waals surface area (Å²) in [5.41, 5.74) is 1.02. The minimum Gasteiger partial charge on any atom is -0.493 e. The number of amides is 1. The van der Waals surface area contributed by atoms with Gasteiger partial charge in [0.1, 0.15) is 5.75 Å². The zero-order valence-electron chi connectivity index (χ0n) is 14.1. The summed E-state index contributed by atoms with van der Waals surface area (Å²) in [6.45, 7) is 2.30. The highest BCUT2D eigenvalue weighted by Crippen LogP contribution is 2.29. The molecule has 1 amide bonds. The number of fused-ring (bicyclic) bond motifs is 1. The van der Waals surface area contributed by atoms with Crippen molar-refractivity contribution in [1.29, 1.82) is 0 Å². The molecule has 1 heterocycles. The minimum absolute atomic E-state index is 0.149. The molecule has 2 N–H and O–H groups in total. The third-order valence-corrected chi connectivity index (χ3v) is 5.94. The molecular formula is C17H17N3O4S2. The third-order valence-electron chi connectivity index (χ3n) is 3.59. The maximum Gasteiger partial charge on any atom is 0.261 e. The molecule has 3 aromatic rings. The van der Waals surface area contributed by atoms with Crippen molar-refractivity contribution in [2.24, 2.45) is 0 Å². The van der Waals surface area contributed by atoms with Crippen molar-refractivity contribution in [2.45, 2.75) is 11.8 Å². The number of carbonyl (C=O) groups excluding carboxylic acids is 1. The molecule has 0 aliphatic carbocycles. The van der Waals surface area contributed by atoms with Gasteiger partial charge in [0.2, 0.25) is 10.0 Å². The molecule has 2 aromatic carbocycles. The number of benzene rings is 2. The molecule has 0 aliphatic rings. The van der Waals surface area contributed by atoms with Gasteiger partial charge >= 0.3 is 0 Å². The van der Waals surface area contributed by atoms with Crippen molar-refractivity contribution < 1.29 is 17.9 Å². The number of aromatic nitrogens is 1. The summed E-state index contributed by atoms with van der Waals surface area (Å²) in [6.07, 6.45) is 0.